The fraction of sp³-hybridized carbons (Fsp3) is 0.231. The van der Waals surface area contributed by atoms with Crippen molar-refractivity contribution >= 4 is 5.91 Å². The van der Waals surface area contributed by atoms with Crippen LogP contribution in [0.4, 0.5) is 0 Å². The third-order valence-corrected chi connectivity index (χ3v) is 2.43. The Kier molecular flexibility index (Phi) is 4.49. The molecule has 5 nitrogen and oxygen atoms in total. The molecule has 2 N–H and O–H groups in total. The molecule has 0 unspecified atom stereocenters. The van der Waals surface area contributed by atoms with Crippen LogP contribution in [0.15, 0.2) is 47.3 Å². The largest absolute Gasteiger partial charge is 0.364 e. The van der Waals surface area contributed by atoms with Gasteiger partial charge in [-0.3, -0.25) is 4.79 Å². The van der Waals surface area contributed by atoms with Crippen LogP contribution >= 0.6 is 0 Å². The van der Waals surface area contributed by atoms with Crippen LogP contribution in [0.5, 0.6) is 0 Å². The molecule has 2 rings (SSSR count). The van der Waals surface area contributed by atoms with Crippen LogP contribution in [-0.2, 0) is 17.9 Å². The van der Waals surface area contributed by atoms with Crippen molar-refractivity contribution in [3.8, 4) is 0 Å². The highest BCUT2D eigenvalue weighted by molar-refractivity contribution is 5.77. The van der Waals surface area contributed by atoms with Gasteiger partial charge in [-0.2, -0.15) is 0 Å². The lowest BCUT2D eigenvalue weighted by Crippen LogP contribution is -2.33. The Labute approximate surface area is 105 Å². The van der Waals surface area contributed by atoms with Crippen molar-refractivity contribution < 1.29 is 9.32 Å². The first-order chi connectivity index (χ1) is 8.84. The molecule has 18 heavy (non-hydrogen) atoms. The van der Waals surface area contributed by atoms with E-state index >= 15 is 0 Å². The Morgan fingerprint density at radius 2 is 2.00 bits per heavy atom. The second-order valence-corrected chi connectivity index (χ2v) is 3.90. The molecule has 1 amide bonds. The predicted molar refractivity (Wildman–Crippen MR) is 66.5 cm³/mol. The summed E-state index contributed by atoms with van der Waals surface area (Å²) in [7, 11) is 0. The number of aromatic nitrogens is 1. The lowest BCUT2D eigenvalue weighted by Gasteiger charge is -2.05. The first-order valence-corrected chi connectivity index (χ1v) is 5.74. The van der Waals surface area contributed by atoms with Gasteiger partial charge in [-0.1, -0.05) is 35.5 Å². The van der Waals surface area contributed by atoms with E-state index in [2.05, 4.69) is 20.3 Å². The van der Waals surface area contributed by atoms with Gasteiger partial charge in [0.2, 0.25) is 5.91 Å². The number of rotatable bonds is 6. The summed E-state index contributed by atoms with van der Waals surface area (Å²) in [6.07, 6.45) is 3.17. The lowest BCUT2D eigenvalue weighted by atomic mass is 10.2. The first kappa shape index (κ1) is 12.3. The smallest absolute Gasteiger partial charge is 0.234 e. The zero-order valence-corrected chi connectivity index (χ0v) is 9.93. The Hall–Kier alpha value is -2.14. The van der Waals surface area contributed by atoms with Crippen molar-refractivity contribution in [3.05, 3.63) is 53.9 Å². The Morgan fingerprint density at radius 3 is 2.72 bits per heavy atom. The number of hydrogen-bond donors (Lipinski definition) is 2. The molecule has 0 saturated carbocycles. The highest BCUT2D eigenvalue weighted by atomic mass is 16.5. The van der Waals surface area contributed by atoms with Gasteiger partial charge in [-0.15, -0.1) is 0 Å². The zero-order valence-electron chi connectivity index (χ0n) is 9.93. The minimum Gasteiger partial charge on any atom is -0.364 e. The van der Waals surface area contributed by atoms with Crippen LogP contribution in [-0.4, -0.2) is 17.6 Å². The molecule has 5 heteroatoms. The SMILES string of the molecule is O=C(CNCc1cnoc1)NCc1ccccc1. The number of carbonyl (C=O) groups excluding carboxylic acids is 1. The summed E-state index contributed by atoms with van der Waals surface area (Å²) in [6, 6.07) is 9.80. The highest BCUT2D eigenvalue weighted by Crippen LogP contribution is 1.97. The third-order valence-electron chi connectivity index (χ3n) is 2.43. The molecule has 94 valence electrons. The zero-order chi connectivity index (χ0) is 12.6. The second-order valence-electron chi connectivity index (χ2n) is 3.90. The molecular formula is C13H15N3O2. The molecule has 0 bridgehead atoms. The van der Waals surface area contributed by atoms with E-state index in [9.17, 15) is 4.79 Å². The molecule has 1 aromatic carbocycles. The van der Waals surface area contributed by atoms with E-state index in [1.165, 1.54) is 0 Å². The van der Waals surface area contributed by atoms with Gasteiger partial charge in [0, 0.05) is 18.7 Å². The lowest BCUT2D eigenvalue weighted by molar-refractivity contribution is -0.120. The van der Waals surface area contributed by atoms with E-state index in [0.717, 1.165) is 11.1 Å². The maximum absolute atomic E-state index is 11.5. The van der Waals surface area contributed by atoms with E-state index in [4.69, 9.17) is 0 Å². The van der Waals surface area contributed by atoms with Gasteiger partial charge in [-0.05, 0) is 5.56 Å². The summed E-state index contributed by atoms with van der Waals surface area (Å²) in [6.45, 7) is 1.40. The standard InChI is InChI=1S/C13H15N3O2/c17-13(9-14-6-12-8-16-18-10-12)15-7-11-4-2-1-3-5-11/h1-5,8,10,14H,6-7,9H2,(H,15,17). The summed E-state index contributed by atoms with van der Waals surface area (Å²) in [5, 5.41) is 9.43. The molecule has 0 fully saturated rings. The van der Waals surface area contributed by atoms with Crippen LogP contribution in [0, 0.1) is 0 Å². The second kappa shape index (κ2) is 6.56. The van der Waals surface area contributed by atoms with Gasteiger partial charge in [0.1, 0.15) is 6.26 Å². The summed E-state index contributed by atoms with van der Waals surface area (Å²) in [5.74, 6) is -0.0321. The van der Waals surface area contributed by atoms with Crippen molar-refractivity contribution in [1.82, 2.24) is 15.8 Å². The third kappa shape index (κ3) is 4.03. The molecular weight excluding hydrogens is 230 g/mol. The van der Waals surface area contributed by atoms with Crippen LogP contribution < -0.4 is 10.6 Å². The van der Waals surface area contributed by atoms with Crippen LogP contribution in [0.1, 0.15) is 11.1 Å². The van der Waals surface area contributed by atoms with Gasteiger partial charge in [0.05, 0.1) is 12.7 Å². The summed E-state index contributed by atoms with van der Waals surface area (Å²) in [5.41, 5.74) is 2.01. The van der Waals surface area contributed by atoms with Gasteiger partial charge in [0.15, 0.2) is 0 Å². The molecule has 0 atom stereocenters. The Balaban J connectivity index is 1.63. The number of carbonyl (C=O) groups is 1. The topological polar surface area (TPSA) is 67.2 Å². The molecule has 0 saturated heterocycles. The van der Waals surface area contributed by atoms with Gasteiger partial charge in [-0.25, -0.2) is 0 Å². The first-order valence-electron chi connectivity index (χ1n) is 5.74. The number of nitrogens with one attached hydrogen (secondary N) is 2. The summed E-state index contributed by atoms with van der Waals surface area (Å²) in [4.78, 5) is 11.5. The maximum atomic E-state index is 11.5. The number of hydrogen-bond acceptors (Lipinski definition) is 4. The molecule has 0 aliphatic heterocycles. The molecule has 0 aliphatic carbocycles. The highest BCUT2D eigenvalue weighted by Gasteiger charge is 2.01. The fourth-order valence-corrected chi connectivity index (χ4v) is 1.49. The van der Waals surface area contributed by atoms with Crippen LogP contribution in [0.3, 0.4) is 0 Å². The number of nitrogens with zero attached hydrogens (tertiary/aromatic N) is 1. The number of amides is 1. The molecule has 0 aliphatic rings. The molecule has 1 heterocycles. The quantitative estimate of drug-likeness (QED) is 0.799. The van der Waals surface area contributed by atoms with Crippen molar-refractivity contribution in [2.75, 3.05) is 6.54 Å². The summed E-state index contributed by atoms with van der Waals surface area (Å²) < 4.78 is 4.69. The van der Waals surface area contributed by atoms with Crippen molar-refractivity contribution in [3.63, 3.8) is 0 Å². The average Bonchev–Trinajstić information content (AvgIpc) is 2.91. The van der Waals surface area contributed by atoms with Gasteiger partial charge in [0.25, 0.3) is 0 Å². The van der Waals surface area contributed by atoms with Crippen molar-refractivity contribution in [2.45, 2.75) is 13.1 Å². The van der Waals surface area contributed by atoms with E-state index in [1.54, 1.807) is 12.5 Å². The van der Waals surface area contributed by atoms with Gasteiger partial charge < -0.3 is 15.2 Å². The monoisotopic (exact) mass is 245 g/mol. The van der Waals surface area contributed by atoms with E-state index < -0.39 is 0 Å². The summed E-state index contributed by atoms with van der Waals surface area (Å²) >= 11 is 0. The molecule has 0 radical (unpaired) electrons. The van der Waals surface area contributed by atoms with Crippen molar-refractivity contribution in [2.24, 2.45) is 0 Å². The van der Waals surface area contributed by atoms with E-state index in [1.807, 2.05) is 30.3 Å². The molecule has 2 aromatic rings. The minimum atomic E-state index is -0.0321. The van der Waals surface area contributed by atoms with Gasteiger partial charge >= 0.3 is 0 Å². The minimum absolute atomic E-state index is 0.0321. The Morgan fingerprint density at radius 1 is 1.17 bits per heavy atom. The van der Waals surface area contributed by atoms with Crippen molar-refractivity contribution in [1.29, 1.82) is 0 Å². The van der Waals surface area contributed by atoms with Crippen LogP contribution in [0.25, 0.3) is 0 Å². The van der Waals surface area contributed by atoms with E-state index in [0.29, 0.717) is 13.1 Å². The van der Waals surface area contributed by atoms with Crippen LogP contribution in [0.2, 0.25) is 0 Å². The molecule has 1 aromatic heterocycles. The van der Waals surface area contributed by atoms with E-state index in [-0.39, 0.29) is 12.5 Å². The molecule has 0 spiro atoms. The number of benzene rings is 1. The average molecular weight is 245 g/mol. The predicted octanol–water partition coefficient (Wildman–Crippen LogP) is 1.08. The normalized spacial score (nSPS) is 10.2. The fourth-order valence-electron chi connectivity index (χ4n) is 1.49. The maximum Gasteiger partial charge on any atom is 0.234 e. The Bertz CT molecular complexity index is 468.